The van der Waals surface area contributed by atoms with Crippen LogP contribution in [0.1, 0.15) is 62.3 Å². The lowest BCUT2D eigenvalue weighted by Crippen LogP contribution is -2.28. The maximum absolute atomic E-state index is 13.0. The molecule has 1 amide bonds. The number of aliphatic hydroxyl groups excluding tert-OH is 1. The van der Waals surface area contributed by atoms with Crippen LogP contribution in [0.3, 0.4) is 0 Å². The summed E-state index contributed by atoms with van der Waals surface area (Å²) in [5.41, 5.74) is -0.271. The third kappa shape index (κ3) is 10.2. The number of anilines is 2. The number of esters is 1. The SMILES string of the molecule is CCn1c(-c2cc(NC(=O)OC(C)(C)C)cc(OC(=O)C(C)(C)C)c2)cnc(NC(C)C)c1=O.OCO. The molecular weight excluding hydrogens is 480 g/mol. The predicted molar refractivity (Wildman–Crippen MR) is 143 cm³/mol. The molecule has 0 aliphatic heterocycles. The highest BCUT2D eigenvalue weighted by Crippen LogP contribution is 2.30. The molecular formula is C26H40N4O7. The second-order valence-corrected chi connectivity index (χ2v) is 10.5. The van der Waals surface area contributed by atoms with Gasteiger partial charge < -0.3 is 29.6 Å². The Hall–Kier alpha value is -3.44. The Balaban J connectivity index is 0.00000217. The van der Waals surface area contributed by atoms with Crippen LogP contribution in [0.4, 0.5) is 16.3 Å². The molecule has 37 heavy (non-hydrogen) atoms. The maximum atomic E-state index is 13.0. The molecule has 0 saturated heterocycles. The van der Waals surface area contributed by atoms with Crippen molar-refractivity contribution in [1.29, 1.82) is 0 Å². The van der Waals surface area contributed by atoms with Crippen molar-refractivity contribution in [2.45, 2.75) is 80.5 Å². The summed E-state index contributed by atoms with van der Waals surface area (Å²) in [6.07, 6.45) is 0.928. The van der Waals surface area contributed by atoms with Gasteiger partial charge in [0.2, 0.25) is 0 Å². The van der Waals surface area contributed by atoms with Crippen molar-refractivity contribution in [3.63, 3.8) is 0 Å². The molecule has 2 aromatic rings. The summed E-state index contributed by atoms with van der Waals surface area (Å²) in [5.74, 6) is 0.0429. The van der Waals surface area contributed by atoms with E-state index in [0.29, 0.717) is 23.5 Å². The number of hydrogen-bond donors (Lipinski definition) is 4. The summed E-state index contributed by atoms with van der Waals surface area (Å²) in [4.78, 5) is 42.2. The van der Waals surface area contributed by atoms with E-state index in [4.69, 9.17) is 19.7 Å². The number of benzene rings is 1. The minimum Gasteiger partial charge on any atom is -0.444 e. The lowest BCUT2D eigenvalue weighted by atomic mass is 9.97. The average Bonchev–Trinajstić information content (AvgIpc) is 2.73. The van der Waals surface area contributed by atoms with E-state index >= 15 is 0 Å². The monoisotopic (exact) mass is 520 g/mol. The zero-order valence-corrected chi connectivity index (χ0v) is 23.1. The first-order valence-electron chi connectivity index (χ1n) is 12.0. The van der Waals surface area contributed by atoms with E-state index in [-0.39, 0.29) is 23.2 Å². The number of carbonyl (C=O) groups excluding carboxylic acids is 2. The van der Waals surface area contributed by atoms with Crippen molar-refractivity contribution in [2.24, 2.45) is 5.41 Å². The fourth-order valence-corrected chi connectivity index (χ4v) is 2.96. The van der Waals surface area contributed by atoms with Gasteiger partial charge in [0.25, 0.3) is 5.56 Å². The van der Waals surface area contributed by atoms with Gasteiger partial charge in [-0.2, -0.15) is 0 Å². The lowest BCUT2D eigenvalue weighted by Gasteiger charge is -2.21. The van der Waals surface area contributed by atoms with E-state index in [2.05, 4.69) is 15.6 Å². The molecule has 0 radical (unpaired) electrons. The van der Waals surface area contributed by atoms with Gasteiger partial charge in [-0.05, 0) is 74.4 Å². The van der Waals surface area contributed by atoms with Gasteiger partial charge in [-0.15, -0.1) is 0 Å². The lowest BCUT2D eigenvalue weighted by molar-refractivity contribution is -0.142. The van der Waals surface area contributed by atoms with Gasteiger partial charge >= 0.3 is 12.1 Å². The Morgan fingerprint density at radius 3 is 2.16 bits per heavy atom. The number of nitrogens with one attached hydrogen (secondary N) is 2. The van der Waals surface area contributed by atoms with Crippen LogP contribution < -0.4 is 20.9 Å². The molecule has 11 nitrogen and oxygen atoms in total. The Morgan fingerprint density at radius 2 is 1.68 bits per heavy atom. The second kappa shape index (κ2) is 13.2. The Labute approximate surface area is 217 Å². The van der Waals surface area contributed by atoms with Crippen LogP contribution in [-0.4, -0.2) is 50.3 Å². The van der Waals surface area contributed by atoms with Crippen molar-refractivity contribution in [2.75, 3.05) is 17.4 Å². The predicted octanol–water partition coefficient (Wildman–Crippen LogP) is 3.98. The third-order valence-corrected chi connectivity index (χ3v) is 4.47. The van der Waals surface area contributed by atoms with Gasteiger partial charge in [-0.3, -0.25) is 14.9 Å². The number of hydrogen-bond acceptors (Lipinski definition) is 9. The van der Waals surface area contributed by atoms with Gasteiger partial charge in [0.05, 0.1) is 17.3 Å². The first-order valence-corrected chi connectivity index (χ1v) is 12.0. The van der Waals surface area contributed by atoms with Crippen molar-refractivity contribution in [3.05, 3.63) is 34.7 Å². The number of aliphatic hydroxyl groups is 2. The zero-order valence-electron chi connectivity index (χ0n) is 23.1. The van der Waals surface area contributed by atoms with E-state index in [1.54, 1.807) is 64.4 Å². The number of ether oxygens (including phenoxy) is 2. The van der Waals surface area contributed by atoms with Gasteiger partial charge in [0.15, 0.2) is 5.82 Å². The minimum absolute atomic E-state index is 0.0427. The topological polar surface area (TPSA) is 152 Å². The molecule has 0 bridgehead atoms. The normalized spacial score (nSPS) is 11.4. The molecule has 0 spiro atoms. The molecule has 1 aromatic carbocycles. The molecule has 206 valence electrons. The summed E-state index contributed by atoms with van der Waals surface area (Å²) in [7, 11) is 0. The van der Waals surface area contributed by atoms with Crippen LogP contribution in [-0.2, 0) is 16.1 Å². The van der Waals surface area contributed by atoms with Gasteiger partial charge in [-0.25, -0.2) is 9.78 Å². The van der Waals surface area contributed by atoms with E-state index in [0.717, 1.165) is 0 Å². The minimum atomic E-state index is -0.750. The Morgan fingerprint density at radius 1 is 1.08 bits per heavy atom. The number of nitrogens with zero attached hydrogens (tertiary/aromatic N) is 2. The molecule has 0 atom stereocenters. The smallest absolute Gasteiger partial charge is 0.412 e. The largest absolute Gasteiger partial charge is 0.444 e. The maximum Gasteiger partial charge on any atom is 0.412 e. The summed E-state index contributed by atoms with van der Waals surface area (Å²) >= 11 is 0. The van der Waals surface area contributed by atoms with Gasteiger partial charge in [0, 0.05) is 29.9 Å². The van der Waals surface area contributed by atoms with Crippen LogP contribution in [0.15, 0.2) is 29.2 Å². The van der Waals surface area contributed by atoms with Crippen LogP contribution in [0.25, 0.3) is 11.3 Å². The molecule has 0 aliphatic carbocycles. The fourth-order valence-electron chi connectivity index (χ4n) is 2.96. The Kier molecular flexibility index (Phi) is 11.3. The van der Waals surface area contributed by atoms with E-state index in [1.165, 1.54) is 6.07 Å². The summed E-state index contributed by atoms with van der Waals surface area (Å²) < 4.78 is 12.5. The molecule has 11 heteroatoms. The fraction of sp³-hybridized carbons (Fsp3) is 0.538. The van der Waals surface area contributed by atoms with Crippen LogP contribution in [0.2, 0.25) is 0 Å². The van der Waals surface area contributed by atoms with Crippen LogP contribution in [0, 0.1) is 5.41 Å². The van der Waals surface area contributed by atoms with Crippen molar-refractivity contribution < 1.29 is 29.3 Å². The highest BCUT2D eigenvalue weighted by Gasteiger charge is 2.25. The number of aromatic nitrogens is 2. The second-order valence-electron chi connectivity index (χ2n) is 10.5. The molecule has 2 rings (SSSR count). The molecule has 0 unspecified atom stereocenters. The first kappa shape index (κ1) is 31.6. The average molecular weight is 521 g/mol. The molecule has 1 heterocycles. The highest BCUT2D eigenvalue weighted by atomic mass is 16.6. The van der Waals surface area contributed by atoms with Gasteiger partial charge in [-0.1, -0.05) is 0 Å². The van der Waals surface area contributed by atoms with Gasteiger partial charge in [0.1, 0.15) is 18.1 Å². The molecule has 0 aliphatic rings. The van der Waals surface area contributed by atoms with Crippen molar-refractivity contribution >= 4 is 23.6 Å². The standard InChI is InChI=1S/C25H36N4O5.CH4O2/c1-10-29-19(14-26-20(21(29)30)27-15(2)3)16-11-17(28-23(32)34-25(7,8)9)13-18(12-16)33-22(31)24(4,5)6;2-1-3/h11-15H,10H2,1-9H3,(H,26,27)(H,28,32);2-3H,1H2. The Bertz CT molecular complexity index is 1130. The molecule has 4 N–H and O–H groups in total. The zero-order chi connectivity index (χ0) is 28.6. The first-order chi connectivity index (χ1) is 17.0. The molecule has 0 saturated carbocycles. The number of amides is 1. The van der Waals surface area contributed by atoms with E-state index in [1.807, 2.05) is 20.8 Å². The summed E-state index contributed by atoms with van der Waals surface area (Å²) in [6, 6.07) is 4.90. The number of carbonyl (C=O) groups is 2. The van der Waals surface area contributed by atoms with Crippen LogP contribution >= 0.6 is 0 Å². The quantitative estimate of drug-likeness (QED) is 0.252. The molecule has 1 aromatic heterocycles. The van der Waals surface area contributed by atoms with E-state index in [9.17, 15) is 14.4 Å². The van der Waals surface area contributed by atoms with Crippen LogP contribution in [0.5, 0.6) is 5.75 Å². The van der Waals surface area contributed by atoms with Crippen molar-refractivity contribution in [3.8, 4) is 17.0 Å². The van der Waals surface area contributed by atoms with E-state index < -0.39 is 29.9 Å². The summed E-state index contributed by atoms with van der Waals surface area (Å²) in [6.45, 7) is 15.9. The highest BCUT2D eigenvalue weighted by molar-refractivity contribution is 5.87. The number of rotatable bonds is 6. The third-order valence-electron chi connectivity index (χ3n) is 4.47. The summed E-state index contributed by atoms with van der Waals surface area (Å²) in [5, 5.41) is 20.0. The van der Waals surface area contributed by atoms with Crippen molar-refractivity contribution in [1.82, 2.24) is 9.55 Å². The molecule has 0 fully saturated rings.